The smallest absolute Gasteiger partial charge is 0.227 e. The maximum Gasteiger partial charge on any atom is 0.227 e. The fraction of sp³-hybridized carbons (Fsp3) is 0.267. The number of carbonyl (C=O) groups is 1. The maximum atomic E-state index is 13.8. The van der Waals surface area contributed by atoms with Gasteiger partial charge in [0.25, 0.3) is 0 Å². The Bertz CT molecular complexity index is 652. The van der Waals surface area contributed by atoms with Gasteiger partial charge >= 0.3 is 0 Å². The van der Waals surface area contributed by atoms with Crippen molar-refractivity contribution < 1.29 is 9.18 Å². The van der Waals surface area contributed by atoms with E-state index in [1.54, 1.807) is 19.2 Å². The van der Waals surface area contributed by atoms with Crippen molar-refractivity contribution in [3.05, 3.63) is 48.6 Å². The highest BCUT2D eigenvalue weighted by Crippen LogP contribution is 2.20. The first kappa shape index (κ1) is 14.9. The number of nitrogens with one attached hydrogen (secondary N) is 1. The second-order valence-corrected chi connectivity index (χ2v) is 5.06. The lowest BCUT2D eigenvalue weighted by molar-refractivity contribution is -0.119. The molecule has 0 radical (unpaired) electrons. The largest absolute Gasteiger partial charge is 0.323 e. The third-order valence-electron chi connectivity index (χ3n) is 3.00. The number of hydrogen-bond donors (Lipinski definition) is 1. The molecule has 2 rings (SSSR count). The Kier molecular flexibility index (Phi) is 4.47. The van der Waals surface area contributed by atoms with E-state index in [4.69, 9.17) is 0 Å². The standard InChI is InChI=1S/C15H17FN4O/c1-10(2)8-11(3)15(21)18-14-9-12(4-5-13(14)16)20-7-6-17-19-20/h4-7,9,11H,1,8H2,2-3H3,(H,18,21). The van der Waals surface area contributed by atoms with Crippen LogP contribution in [-0.4, -0.2) is 20.9 Å². The second kappa shape index (κ2) is 6.30. The van der Waals surface area contributed by atoms with Crippen LogP contribution in [0.5, 0.6) is 0 Å². The van der Waals surface area contributed by atoms with Crippen LogP contribution in [0.25, 0.3) is 5.69 Å². The van der Waals surface area contributed by atoms with Gasteiger partial charge in [0.1, 0.15) is 5.82 Å². The highest BCUT2D eigenvalue weighted by Gasteiger charge is 2.15. The molecule has 1 aromatic carbocycles. The molecule has 1 unspecified atom stereocenters. The number of rotatable bonds is 5. The monoisotopic (exact) mass is 288 g/mol. The average Bonchev–Trinajstić information content (AvgIpc) is 2.94. The van der Waals surface area contributed by atoms with Gasteiger partial charge in [0, 0.05) is 5.92 Å². The third-order valence-corrected chi connectivity index (χ3v) is 3.00. The van der Waals surface area contributed by atoms with Crippen molar-refractivity contribution in [1.82, 2.24) is 15.0 Å². The van der Waals surface area contributed by atoms with Gasteiger partial charge in [-0.15, -0.1) is 11.7 Å². The summed E-state index contributed by atoms with van der Waals surface area (Å²) in [5, 5.41) is 10.1. The Morgan fingerprint density at radius 2 is 2.29 bits per heavy atom. The van der Waals surface area contributed by atoms with Crippen LogP contribution in [0.2, 0.25) is 0 Å². The van der Waals surface area contributed by atoms with E-state index in [0.717, 1.165) is 5.57 Å². The quantitative estimate of drug-likeness (QED) is 0.860. The molecule has 0 aliphatic rings. The van der Waals surface area contributed by atoms with Gasteiger partial charge in [0.05, 0.1) is 23.8 Å². The Hall–Kier alpha value is -2.50. The first-order chi connectivity index (χ1) is 9.97. The summed E-state index contributed by atoms with van der Waals surface area (Å²) < 4.78 is 15.3. The molecule has 21 heavy (non-hydrogen) atoms. The topological polar surface area (TPSA) is 59.8 Å². The van der Waals surface area contributed by atoms with Crippen LogP contribution < -0.4 is 5.32 Å². The van der Waals surface area contributed by atoms with Gasteiger partial charge in [-0.25, -0.2) is 9.07 Å². The zero-order valence-electron chi connectivity index (χ0n) is 12.0. The molecule has 110 valence electrons. The van der Waals surface area contributed by atoms with Crippen molar-refractivity contribution in [3.8, 4) is 5.69 Å². The molecule has 6 heteroatoms. The minimum Gasteiger partial charge on any atom is -0.323 e. The first-order valence-electron chi connectivity index (χ1n) is 6.59. The Labute approximate surface area is 122 Å². The summed E-state index contributed by atoms with van der Waals surface area (Å²) in [5.41, 5.74) is 1.66. The number of allylic oxidation sites excluding steroid dienone is 1. The van der Waals surface area contributed by atoms with Gasteiger partial charge in [-0.1, -0.05) is 17.7 Å². The van der Waals surface area contributed by atoms with Crippen molar-refractivity contribution >= 4 is 11.6 Å². The number of halogens is 1. The van der Waals surface area contributed by atoms with Crippen LogP contribution in [0, 0.1) is 11.7 Å². The number of hydrogen-bond acceptors (Lipinski definition) is 3. The van der Waals surface area contributed by atoms with Gasteiger partial charge in [-0.3, -0.25) is 4.79 Å². The first-order valence-corrected chi connectivity index (χ1v) is 6.59. The van der Waals surface area contributed by atoms with Crippen molar-refractivity contribution in [3.63, 3.8) is 0 Å². The van der Waals surface area contributed by atoms with Crippen LogP contribution in [0.1, 0.15) is 20.3 Å². The molecule has 0 aliphatic heterocycles. The highest BCUT2D eigenvalue weighted by atomic mass is 19.1. The van der Waals surface area contributed by atoms with E-state index in [2.05, 4.69) is 22.2 Å². The summed E-state index contributed by atoms with van der Waals surface area (Å²) in [5.74, 6) is -1.00. The predicted molar refractivity (Wildman–Crippen MR) is 78.5 cm³/mol. The zero-order valence-corrected chi connectivity index (χ0v) is 12.0. The zero-order chi connectivity index (χ0) is 15.4. The molecule has 1 atom stereocenters. The Balaban J connectivity index is 2.18. The van der Waals surface area contributed by atoms with Crippen LogP contribution in [0.3, 0.4) is 0 Å². The summed E-state index contributed by atoms with van der Waals surface area (Å²) in [7, 11) is 0. The molecule has 0 spiro atoms. The van der Waals surface area contributed by atoms with E-state index in [0.29, 0.717) is 12.1 Å². The normalized spacial score (nSPS) is 12.0. The molecule has 0 saturated heterocycles. The lowest BCUT2D eigenvalue weighted by Gasteiger charge is -2.13. The number of amides is 1. The molecule has 1 heterocycles. The van der Waals surface area contributed by atoms with Crippen LogP contribution in [0.15, 0.2) is 42.7 Å². The van der Waals surface area contributed by atoms with Crippen molar-refractivity contribution in [2.24, 2.45) is 5.92 Å². The second-order valence-electron chi connectivity index (χ2n) is 5.06. The average molecular weight is 288 g/mol. The SMILES string of the molecule is C=C(C)CC(C)C(=O)Nc1cc(-n2ccnn2)ccc1F. The van der Waals surface area contributed by atoms with E-state index in [1.165, 1.54) is 23.0 Å². The lowest BCUT2D eigenvalue weighted by Crippen LogP contribution is -2.21. The molecule has 1 aromatic heterocycles. The lowest BCUT2D eigenvalue weighted by atomic mass is 10.0. The molecule has 0 saturated carbocycles. The minimum atomic E-state index is -0.491. The Morgan fingerprint density at radius 3 is 2.90 bits per heavy atom. The van der Waals surface area contributed by atoms with Crippen LogP contribution in [0.4, 0.5) is 10.1 Å². The minimum absolute atomic E-state index is 0.126. The van der Waals surface area contributed by atoms with Gasteiger partial charge in [0.2, 0.25) is 5.91 Å². The van der Waals surface area contributed by atoms with E-state index in [-0.39, 0.29) is 17.5 Å². The molecule has 1 amide bonds. The van der Waals surface area contributed by atoms with E-state index in [9.17, 15) is 9.18 Å². The molecule has 0 bridgehead atoms. The van der Waals surface area contributed by atoms with Gasteiger partial charge in [0.15, 0.2) is 0 Å². The van der Waals surface area contributed by atoms with Gasteiger partial charge in [-0.2, -0.15) is 0 Å². The van der Waals surface area contributed by atoms with E-state index < -0.39 is 5.82 Å². The van der Waals surface area contributed by atoms with Crippen LogP contribution >= 0.6 is 0 Å². The summed E-state index contributed by atoms with van der Waals surface area (Å²) in [6.45, 7) is 7.42. The van der Waals surface area contributed by atoms with Crippen LogP contribution in [-0.2, 0) is 4.79 Å². The van der Waals surface area contributed by atoms with Crippen molar-refractivity contribution in [1.29, 1.82) is 0 Å². The van der Waals surface area contributed by atoms with E-state index in [1.807, 2.05) is 6.92 Å². The number of benzene rings is 1. The molecule has 0 fully saturated rings. The summed E-state index contributed by atoms with van der Waals surface area (Å²) >= 11 is 0. The maximum absolute atomic E-state index is 13.8. The summed E-state index contributed by atoms with van der Waals surface area (Å²) in [6.07, 6.45) is 3.73. The number of carbonyl (C=O) groups excluding carboxylic acids is 1. The summed E-state index contributed by atoms with van der Waals surface area (Å²) in [4.78, 5) is 12.0. The molecule has 2 aromatic rings. The number of anilines is 1. The number of nitrogens with zero attached hydrogens (tertiary/aromatic N) is 3. The molecule has 1 N–H and O–H groups in total. The highest BCUT2D eigenvalue weighted by molar-refractivity contribution is 5.92. The van der Waals surface area contributed by atoms with Gasteiger partial charge in [-0.05, 0) is 31.5 Å². The fourth-order valence-electron chi connectivity index (χ4n) is 1.97. The van der Waals surface area contributed by atoms with Gasteiger partial charge < -0.3 is 5.32 Å². The summed E-state index contributed by atoms with van der Waals surface area (Å²) in [6, 6.07) is 4.38. The van der Waals surface area contributed by atoms with E-state index >= 15 is 0 Å². The van der Waals surface area contributed by atoms with Crippen molar-refractivity contribution in [2.45, 2.75) is 20.3 Å². The number of aromatic nitrogens is 3. The Morgan fingerprint density at radius 1 is 1.52 bits per heavy atom. The fourth-order valence-corrected chi connectivity index (χ4v) is 1.97. The molecule has 5 nitrogen and oxygen atoms in total. The third kappa shape index (κ3) is 3.75. The predicted octanol–water partition coefficient (Wildman–Crippen LogP) is 2.95. The van der Waals surface area contributed by atoms with Crippen molar-refractivity contribution in [2.75, 3.05) is 5.32 Å². The molecular weight excluding hydrogens is 271 g/mol. The molecule has 0 aliphatic carbocycles. The molecular formula is C15H17FN4O.